The van der Waals surface area contributed by atoms with Crippen LogP contribution < -0.4 is 5.32 Å². The van der Waals surface area contributed by atoms with Crippen molar-refractivity contribution in [2.24, 2.45) is 10.9 Å². The van der Waals surface area contributed by atoms with E-state index in [4.69, 9.17) is 0 Å². The molecule has 2 aliphatic heterocycles. The SMILES string of the molecule is CC(C)C1CSC(Nc2ccc3c(c2)C(=O)N(C)C3=O)=N1. The predicted molar refractivity (Wildman–Crippen MR) is 85.0 cm³/mol. The highest BCUT2D eigenvalue weighted by atomic mass is 32.2. The second kappa shape index (κ2) is 5.18. The third-order valence-electron chi connectivity index (χ3n) is 3.78. The molecule has 2 heterocycles. The third kappa shape index (κ3) is 2.44. The summed E-state index contributed by atoms with van der Waals surface area (Å²) in [5.41, 5.74) is 1.71. The summed E-state index contributed by atoms with van der Waals surface area (Å²) in [6, 6.07) is 5.57. The monoisotopic (exact) mass is 303 g/mol. The smallest absolute Gasteiger partial charge is 0.261 e. The van der Waals surface area contributed by atoms with E-state index in [1.165, 1.54) is 7.05 Å². The number of benzene rings is 1. The van der Waals surface area contributed by atoms with Crippen LogP contribution in [0.1, 0.15) is 34.6 Å². The number of rotatable bonds is 2. The van der Waals surface area contributed by atoms with Crippen LogP contribution >= 0.6 is 11.8 Å². The Morgan fingerprint density at radius 3 is 2.67 bits per heavy atom. The molecule has 110 valence electrons. The quantitative estimate of drug-likeness (QED) is 0.853. The first-order valence-electron chi connectivity index (χ1n) is 6.91. The summed E-state index contributed by atoms with van der Waals surface area (Å²) >= 11 is 1.69. The standard InChI is InChI=1S/C15H17N3O2S/c1-8(2)12-7-21-15(17-12)16-9-4-5-10-11(6-9)14(20)18(3)13(10)19/h4-6,8,12H,7H2,1-3H3,(H,16,17). The molecule has 3 rings (SSSR count). The second-order valence-corrected chi connectivity index (χ2v) is 6.62. The Bertz CT molecular complexity index is 654. The maximum atomic E-state index is 12.0. The number of imide groups is 1. The van der Waals surface area contributed by atoms with Crippen LogP contribution in [0, 0.1) is 5.92 Å². The minimum atomic E-state index is -0.250. The van der Waals surface area contributed by atoms with Gasteiger partial charge in [0.2, 0.25) is 0 Å². The van der Waals surface area contributed by atoms with E-state index in [1.54, 1.807) is 23.9 Å². The number of amidine groups is 1. The van der Waals surface area contributed by atoms with Crippen LogP contribution in [0.15, 0.2) is 23.2 Å². The zero-order valence-electron chi connectivity index (χ0n) is 12.2. The van der Waals surface area contributed by atoms with Crippen LogP contribution in [0.4, 0.5) is 5.69 Å². The van der Waals surface area contributed by atoms with Gasteiger partial charge in [-0.15, -0.1) is 0 Å². The van der Waals surface area contributed by atoms with Crippen molar-refractivity contribution in [1.29, 1.82) is 0 Å². The minimum absolute atomic E-state index is 0.242. The van der Waals surface area contributed by atoms with Crippen molar-refractivity contribution in [3.63, 3.8) is 0 Å². The molecule has 1 unspecified atom stereocenters. The molecule has 0 aliphatic carbocycles. The zero-order valence-corrected chi connectivity index (χ0v) is 13.0. The van der Waals surface area contributed by atoms with E-state index in [0.29, 0.717) is 23.1 Å². The van der Waals surface area contributed by atoms with Gasteiger partial charge in [-0.1, -0.05) is 25.6 Å². The first-order valence-corrected chi connectivity index (χ1v) is 7.90. The Labute approximate surface area is 127 Å². The lowest BCUT2D eigenvalue weighted by atomic mass is 10.1. The van der Waals surface area contributed by atoms with E-state index in [0.717, 1.165) is 21.5 Å². The Hall–Kier alpha value is -1.82. The summed E-state index contributed by atoms with van der Waals surface area (Å²) in [7, 11) is 1.50. The molecular weight excluding hydrogens is 286 g/mol. The van der Waals surface area contributed by atoms with Gasteiger partial charge in [0, 0.05) is 18.5 Å². The van der Waals surface area contributed by atoms with Crippen LogP contribution in [0.25, 0.3) is 0 Å². The van der Waals surface area contributed by atoms with Gasteiger partial charge in [-0.05, 0) is 24.1 Å². The minimum Gasteiger partial charge on any atom is -0.335 e. The first kappa shape index (κ1) is 14.1. The van der Waals surface area contributed by atoms with Crippen molar-refractivity contribution in [2.45, 2.75) is 19.9 Å². The summed E-state index contributed by atoms with van der Waals surface area (Å²) in [5, 5.41) is 4.11. The molecule has 0 saturated heterocycles. The van der Waals surface area contributed by atoms with Gasteiger partial charge in [0.05, 0.1) is 17.2 Å². The average molecular weight is 303 g/mol. The van der Waals surface area contributed by atoms with E-state index in [9.17, 15) is 9.59 Å². The van der Waals surface area contributed by atoms with Crippen molar-refractivity contribution in [3.8, 4) is 0 Å². The Morgan fingerprint density at radius 2 is 2.00 bits per heavy atom. The van der Waals surface area contributed by atoms with Gasteiger partial charge in [-0.3, -0.25) is 19.5 Å². The molecule has 0 radical (unpaired) electrons. The van der Waals surface area contributed by atoms with Crippen molar-refractivity contribution in [1.82, 2.24) is 4.90 Å². The van der Waals surface area contributed by atoms with Gasteiger partial charge in [-0.2, -0.15) is 0 Å². The number of carbonyl (C=O) groups is 2. The number of hydrogen-bond acceptors (Lipinski definition) is 5. The first-order chi connectivity index (χ1) is 9.97. The summed E-state index contributed by atoms with van der Waals surface area (Å²) < 4.78 is 0. The highest BCUT2D eigenvalue weighted by molar-refractivity contribution is 8.14. The molecule has 2 amide bonds. The van der Waals surface area contributed by atoms with Crippen molar-refractivity contribution in [2.75, 3.05) is 18.1 Å². The molecule has 1 aromatic rings. The maximum absolute atomic E-state index is 12.0. The molecule has 0 fully saturated rings. The molecule has 2 aliphatic rings. The summed E-state index contributed by atoms with van der Waals surface area (Å²) in [4.78, 5) is 29.6. The number of nitrogens with one attached hydrogen (secondary N) is 1. The van der Waals surface area contributed by atoms with E-state index in [1.807, 2.05) is 6.07 Å². The van der Waals surface area contributed by atoms with E-state index in [-0.39, 0.29) is 11.8 Å². The summed E-state index contributed by atoms with van der Waals surface area (Å²) in [5.74, 6) is 1.00. The number of amides is 2. The molecule has 1 aromatic carbocycles. The molecule has 21 heavy (non-hydrogen) atoms. The maximum Gasteiger partial charge on any atom is 0.261 e. The Balaban J connectivity index is 1.82. The van der Waals surface area contributed by atoms with Crippen LogP contribution in [0.3, 0.4) is 0 Å². The lowest BCUT2D eigenvalue weighted by Gasteiger charge is -2.08. The molecular formula is C15H17N3O2S. The number of thioether (sulfide) groups is 1. The fourth-order valence-electron chi connectivity index (χ4n) is 2.36. The molecule has 0 spiro atoms. The van der Waals surface area contributed by atoms with Gasteiger partial charge in [0.1, 0.15) is 0 Å². The zero-order chi connectivity index (χ0) is 15.1. The molecule has 0 saturated carbocycles. The van der Waals surface area contributed by atoms with Crippen LogP contribution in [0.5, 0.6) is 0 Å². The van der Waals surface area contributed by atoms with Crippen LogP contribution in [-0.4, -0.2) is 40.7 Å². The topological polar surface area (TPSA) is 61.8 Å². The fourth-order valence-corrected chi connectivity index (χ4v) is 3.55. The number of anilines is 1. The second-order valence-electron chi connectivity index (χ2n) is 5.61. The average Bonchev–Trinajstić information content (AvgIpc) is 3.00. The highest BCUT2D eigenvalue weighted by Gasteiger charge is 2.32. The third-order valence-corrected chi connectivity index (χ3v) is 4.77. The molecule has 6 heteroatoms. The largest absolute Gasteiger partial charge is 0.335 e. The van der Waals surface area contributed by atoms with E-state index < -0.39 is 0 Å². The molecule has 1 atom stereocenters. The van der Waals surface area contributed by atoms with Gasteiger partial charge in [0.15, 0.2) is 5.17 Å². The van der Waals surface area contributed by atoms with E-state index >= 15 is 0 Å². The van der Waals surface area contributed by atoms with Gasteiger partial charge in [0.25, 0.3) is 11.8 Å². The van der Waals surface area contributed by atoms with Gasteiger partial charge >= 0.3 is 0 Å². The summed E-state index contributed by atoms with van der Waals surface area (Å²) in [6.45, 7) is 4.32. The number of fused-ring (bicyclic) bond motifs is 1. The highest BCUT2D eigenvalue weighted by Crippen LogP contribution is 2.27. The van der Waals surface area contributed by atoms with Gasteiger partial charge < -0.3 is 5.32 Å². The van der Waals surface area contributed by atoms with Crippen LogP contribution in [-0.2, 0) is 0 Å². The number of aliphatic imine (C=N–C) groups is 1. The molecule has 0 bridgehead atoms. The van der Waals surface area contributed by atoms with Crippen molar-refractivity contribution >= 4 is 34.4 Å². The Morgan fingerprint density at radius 1 is 1.29 bits per heavy atom. The lowest BCUT2D eigenvalue weighted by Crippen LogP contribution is -2.24. The molecule has 1 N–H and O–H groups in total. The molecule has 0 aromatic heterocycles. The summed E-state index contributed by atoms with van der Waals surface area (Å²) in [6.07, 6.45) is 0. The lowest BCUT2D eigenvalue weighted by molar-refractivity contribution is 0.0693. The Kier molecular flexibility index (Phi) is 3.49. The number of nitrogens with zero attached hydrogens (tertiary/aromatic N) is 2. The normalized spacial score (nSPS) is 21.0. The van der Waals surface area contributed by atoms with Crippen molar-refractivity contribution < 1.29 is 9.59 Å². The molecule has 5 nitrogen and oxygen atoms in total. The number of carbonyl (C=O) groups excluding carboxylic acids is 2. The fraction of sp³-hybridized carbons (Fsp3) is 0.400. The van der Waals surface area contributed by atoms with Crippen LogP contribution in [0.2, 0.25) is 0 Å². The van der Waals surface area contributed by atoms with Gasteiger partial charge in [-0.25, -0.2) is 0 Å². The predicted octanol–water partition coefficient (Wildman–Crippen LogP) is 2.45. The van der Waals surface area contributed by atoms with Crippen molar-refractivity contribution in [3.05, 3.63) is 29.3 Å². The van der Waals surface area contributed by atoms with E-state index in [2.05, 4.69) is 24.2 Å². The number of hydrogen-bond donors (Lipinski definition) is 1.